The second kappa shape index (κ2) is 7.62. The van der Waals surface area contributed by atoms with Gasteiger partial charge < -0.3 is 5.32 Å². The number of thiazole rings is 1. The van der Waals surface area contributed by atoms with Crippen LogP contribution in [0, 0.1) is 0 Å². The Kier molecular flexibility index (Phi) is 5.51. The minimum absolute atomic E-state index is 0.0723. The highest BCUT2D eigenvalue weighted by Gasteiger charge is 2.24. The summed E-state index contributed by atoms with van der Waals surface area (Å²) in [4.78, 5) is 24.8. The van der Waals surface area contributed by atoms with Crippen molar-refractivity contribution in [1.29, 1.82) is 0 Å². The standard InChI is InChI=1S/C19H26N2O2S/c1-3-4-8-17(22)14-9-10-16-18(12-14)24-19(23)21(16)13(2)15-7-5-6-11-20-15/h9-10,12-13,15,20H,3-8,11H2,1-2H3. The molecule has 2 heterocycles. The lowest BCUT2D eigenvalue weighted by Gasteiger charge is -2.29. The molecule has 1 fully saturated rings. The highest BCUT2D eigenvalue weighted by molar-refractivity contribution is 7.16. The third-order valence-corrected chi connectivity index (χ3v) is 5.95. The lowest BCUT2D eigenvalue weighted by Crippen LogP contribution is -2.41. The number of hydrogen-bond acceptors (Lipinski definition) is 4. The first kappa shape index (κ1) is 17.4. The van der Waals surface area contributed by atoms with Crippen LogP contribution in [0.4, 0.5) is 0 Å². The summed E-state index contributed by atoms with van der Waals surface area (Å²) in [5, 5.41) is 3.54. The summed E-state index contributed by atoms with van der Waals surface area (Å²) >= 11 is 1.25. The summed E-state index contributed by atoms with van der Waals surface area (Å²) in [5.41, 5.74) is 1.68. The predicted octanol–water partition coefficient (Wildman–Crippen LogP) is 4.14. The maximum absolute atomic E-state index is 12.5. The number of hydrogen-bond donors (Lipinski definition) is 1. The summed E-state index contributed by atoms with van der Waals surface area (Å²) in [6.07, 6.45) is 6.06. The molecule has 2 aromatic rings. The van der Waals surface area contributed by atoms with Gasteiger partial charge in [0.05, 0.1) is 16.3 Å². The van der Waals surface area contributed by atoms with E-state index >= 15 is 0 Å². The summed E-state index contributed by atoms with van der Waals surface area (Å²) < 4.78 is 2.83. The van der Waals surface area contributed by atoms with Gasteiger partial charge in [0.15, 0.2) is 5.78 Å². The SMILES string of the molecule is CCCCC(=O)c1ccc2c(c1)sc(=O)n2C(C)C1CCCCN1. The molecule has 1 aliphatic rings. The molecule has 3 rings (SSSR count). The summed E-state index contributed by atoms with van der Waals surface area (Å²) in [6, 6.07) is 6.21. The van der Waals surface area contributed by atoms with Crippen molar-refractivity contribution in [1.82, 2.24) is 9.88 Å². The molecular formula is C19H26N2O2S. The number of piperidine rings is 1. The van der Waals surface area contributed by atoms with E-state index in [1.165, 1.54) is 24.2 Å². The lowest BCUT2D eigenvalue weighted by molar-refractivity contribution is 0.0980. The maximum Gasteiger partial charge on any atom is 0.308 e. The number of ketones is 1. The quantitative estimate of drug-likeness (QED) is 0.800. The van der Waals surface area contributed by atoms with Crippen LogP contribution in [0.1, 0.15) is 68.8 Å². The molecule has 5 heteroatoms. The second-order valence-corrected chi connectivity index (χ2v) is 7.74. The number of aromatic nitrogens is 1. The number of carbonyl (C=O) groups is 1. The fraction of sp³-hybridized carbons (Fsp3) is 0.579. The second-order valence-electron chi connectivity index (χ2n) is 6.74. The molecule has 0 aliphatic carbocycles. The third kappa shape index (κ3) is 3.47. The van der Waals surface area contributed by atoms with Crippen LogP contribution >= 0.6 is 11.3 Å². The first-order chi connectivity index (χ1) is 11.6. The van der Waals surface area contributed by atoms with E-state index in [2.05, 4.69) is 19.2 Å². The van der Waals surface area contributed by atoms with Crippen molar-refractivity contribution >= 4 is 27.3 Å². The van der Waals surface area contributed by atoms with Crippen molar-refractivity contribution in [3.05, 3.63) is 33.4 Å². The van der Waals surface area contributed by atoms with Gasteiger partial charge >= 0.3 is 4.87 Å². The Morgan fingerprint density at radius 2 is 2.25 bits per heavy atom. The number of nitrogens with one attached hydrogen (secondary N) is 1. The van der Waals surface area contributed by atoms with Crippen molar-refractivity contribution < 1.29 is 4.79 Å². The van der Waals surface area contributed by atoms with Crippen LogP contribution in [-0.4, -0.2) is 22.9 Å². The Bertz CT molecular complexity index is 771. The zero-order valence-corrected chi connectivity index (χ0v) is 15.3. The highest BCUT2D eigenvalue weighted by Crippen LogP contribution is 2.26. The smallest absolute Gasteiger partial charge is 0.308 e. The van der Waals surface area contributed by atoms with E-state index in [-0.39, 0.29) is 16.7 Å². The Balaban J connectivity index is 1.91. The largest absolute Gasteiger partial charge is 0.312 e. The molecule has 1 aromatic heterocycles. The van der Waals surface area contributed by atoms with Crippen molar-refractivity contribution in [2.45, 2.75) is 64.5 Å². The van der Waals surface area contributed by atoms with Crippen LogP contribution in [-0.2, 0) is 0 Å². The number of benzene rings is 1. The van der Waals surface area contributed by atoms with Crippen molar-refractivity contribution in [3.8, 4) is 0 Å². The Labute approximate surface area is 146 Å². The molecule has 2 atom stereocenters. The van der Waals surface area contributed by atoms with Gasteiger partial charge in [-0.3, -0.25) is 14.2 Å². The van der Waals surface area contributed by atoms with Crippen LogP contribution in [0.15, 0.2) is 23.0 Å². The topological polar surface area (TPSA) is 51.1 Å². The fourth-order valence-electron chi connectivity index (χ4n) is 3.55. The molecule has 0 spiro atoms. The van der Waals surface area contributed by atoms with Crippen molar-refractivity contribution in [2.24, 2.45) is 0 Å². The van der Waals surface area contributed by atoms with Gasteiger partial charge in [-0.05, 0) is 50.9 Å². The number of nitrogens with zero attached hydrogens (tertiary/aromatic N) is 1. The minimum Gasteiger partial charge on any atom is -0.312 e. The Morgan fingerprint density at radius 3 is 2.96 bits per heavy atom. The first-order valence-electron chi connectivity index (χ1n) is 9.03. The number of carbonyl (C=O) groups excluding carboxylic acids is 1. The van der Waals surface area contributed by atoms with Gasteiger partial charge in [0.2, 0.25) is 0 Å². The van der Waals surface area contributed by atoms with Gasteiger partial charge in [0, 0.05) is 18.0 Å². The van der Waals surface area contributed by atoms with E-state index in [1.807, 2.05) is 22.8 Å². The molecule has 0 bridgehead atoms. The predicted molar refractivity (Wildman–Crippen MR) is 100 cm³/mol. The number of fused-ring (bicyclic) bond motifs is 1. The van der Waals surface area contributed by atoms with E-state index in [0.717, 1.165) is 41.6 Å². The lowest BCUT2D eigenvalue weighted by atomic mass is 9.98. The molecule has 0 radical (unpaired) electrons. The molecule has 1 saturated heterocycles. The summed E-state index contributed by atoms with van der Waals surface area (Å²) in [6.45, 7) is 5.24. The molecule has 0 amide bonds. The molecule has 130 valence electrons. The van der Waals surface area contributed by atoms with Gasteiger partial charge in [0.25, 0.3) is 0 Å². The van der Waals surface area contributed by atoms with Crippen molar-refractivity contribution in [3.63, 3.8) is 0 Å². The first-order valence-corrected chi connectivity index (χ1v) is 9.85. The van der Waals surface area contributed by atoms with Crippen LogP contribution in [0.25, 0.3) is 10.2 Å². The van der Waals surface area contributed by atoms with Gasteiger partial charge in [-0.2, -0.15) is 0 Å². The highest BCUT2D eigenvalue weighted by atomic mass is 32.1. The number of unbranched alkanes of at least 4 members (excludes halogenated alkanes) is 1. The van der Waals surface area contributed by atoms with Gasteiger partial charge in [0.1, 0.15) is 0 Å². The summed E-state index contributed by atoms with van der Waals surface area (Å²) in [7, 11) is 0. The maximum atomic E-state index is 12.5. The molecular weight excluding hydrogens is 320 g/mol. The van der Waals surface area contributed by atoms with E-state index in [1.54, 1.807) is 0 Å². The fourth-order valence-corrected chi connectivity index (χ4v) is 4.56. The zero-order chi connectivity index (χ0) is 17.1. The normalized spacial score (nSPS) is 19.5. The van der Waals surface area contributed by atoms with Crippen LogP contribution < -0.4 is 10.2 Å². The van der Waals surface area contributed by atoms with Crippen LogP contribution in [0.2, 0.25) is 0 Å². The van der Waals surface area contributed by atoms with E-state index < -0.39 is 0 Å². The molecule has 0 saturated carbocycles. The van der Waals surface area contributed by atoms with E-state index in [9.17, 15) is 9.59 Å². The number of Topliss-reactive ketones (excluding diaryl/α,β-unsaturated/α-hetero) is 1. The molecule has 2 unspecified atom stereocenters. The van der Waals surface area contributed by atoms with Gasteiger partial charge in [-0.25, -0.2) is 0 Å². The van der Waals surface area contributed by atoms with E-state index in [0.29, 0.717) is 12.5 Å². The van der Waals surface area contributed by atoms with Gasteiger partial charge in [-0.15, -0.1) is 0 Å². The Hall–Kier alpha value is -1.46. The minimum atomic E-state index is 0.0723. The zero-order valence-electron chi connectivity index (χ0n) is 14.5. The summed E-state index contributed by atoms with van der Waals surface area (Å²) in [5.74, 6) is 0.174. The number of rotatable bonds is 6. The average Bonchev–Trinajstić information content (AvgIpc) is 2.94. The molecule has 1 N–H and O–H groups in total. The van der Waals surface area contributed by atoms with Gasteiger partial charge in [-0.1, -0.05) is 31.1 Å². The molecule has 4 nitrogen and oxygen atoms in total. The average molecular weight is 346 g/mol. The van der Waals surface area contributed by atoms with Crippen molar-refractivity contribution in [2.75, 3.05) is 6.54 Å². The molecule has 1 aromatic carbocycles. The van der Waals surface area contributed by atoms with Crippen LogP contribution in [0.3, 0.4) is 0 Å². The molecule has 1 aliphatic heterocycles. The monoisotopic (exact) mass is 346 g/mol. The molecule has 24 heavy (non-hydrogen) atoms. The Morgan fingerprint density at radius 1 is 1.42 bits per heavy atom. The van der Waals surface area contributed by atoms with Crippen LogP contribution in [0.5, 0.6) is 0 Å². The third-order valence-electron chi connectivity index (χ3n) is 5.03. The van der Waals surface area contributed by atoms with E-state index in [4.69, 9.17) is 0 Å².